The van der Waals surface area contributed by atoms with Crippen LogP contribution in [0.25, 0.3) is 11.0 Å². The first kappa shape index (κ1) is 11.9. The summed E-state index contributed by atoms with van der Waals surface area (Å²) in [6, 6.07) is 4.54. The minimum Gasteiger partial charge on any atom is -0.369 e. The van der Waals surface area contributed by atoms with Crippen molar-refractivity contribution in [1.29, 1.82) is 0 Å². The Morgan fingerprint density at radius 2 is 2.18 bits per heavy atom. The molecule has 5 heteroatoms. The Morgan fingerprint density at radius 1 is 1.41 bits per heavy atom. The Hall–Kier alpha value is -1.62. The molecule has 0 bridgehead atoms. The van der Waals surface area contributed by atoms with E-state index in [0.29, 0.717) is 5.95 Å². The van der Waals surface area contributed by atoms with Crippen LogP contribution in [0, 0.1) is 5.82 Å². The van der Waals surface area contributed by atoms with Crippen LogP contribution in [-0.4, -0.2) is 35.1 Å². The predicted molar refractivity (Wildman–Crippen MR) is 67.3 cm³/mol. The maximum Gasteiger partial charge on any atom is 0.201 e. The molecule has 0 saturated heterocycles. The molecular formula is C12H17FN4. The molecule has 0 spiro atoms. The zero-order valence-corrected chi connectivity index (χ0v) is 10.2. The molecule has 0 aliphatic rings. The maximum absolute atomic E-state index is 13.2. The maximum atomic E-state index is 13.2. The van der Waals surface area contributed by atoms with E-state index < -0.39 is 0 Å². The molecule has 92 valence electrons. The number of nitrogens with zero attached hydrogens (tertiary/aromatic N) is 3. The lowest BCUT2D eigenvalue weighted by Crippen LogP contribution is -2.15. The van der Waals surface area contributed by atoms with Crippen molar-refractivity contribution < 1.29 is 4.39 Å². The SMILES string of the molecule is CN(C)CCCn1c(N)nc2ccc(F)cc21. The summed E-state index contributed by atoms with van der Waals surface area (Å²) in [5.41, 5.74) is 7.35. The molecule has 0 radical (unpaired) electrons. The van der Waals surface area contributed by atoms with Crippen molar-refractivity contribution in [3.63, 3.8) is 0 Å². The van der Waals surface area contributed by atoms with Crippen LogP contribution >= 0.6 is 0 Å². The van der Waals surface area contributed by atoms with Gasteiger partial charge in [-0.15, -0.1) is 0 Å². The first-order valence-corrected chi connectivity index (χ1v) is 5.64. The Kier molecular flexibility index (Phi) is 3.28. The molecule has 1 heterocycles. The smallest absolute Gasteiger partial charge is 0.201 e. The molecule has 2 N–H and O–H groups in total. The first-order chi connectivity index (χ1) is 8.08. The summed E-state index contributed by atoms with van der Waals surface area (Å²) in [7, 11) is 4.05. The van der Waals surface area contributed by atoms with Crippen LogP contribution in [0.5, 0.6) is 0 Å². The number of aryl methyl sites for hydroxylation is 1. The van der Waals surface area contributed by atoms with Crippen LogP contribution in [0.15, 0.2) is 18.2 Å². The van der Waals surface area contributed by atoms with Crippen LogP contribution in [0.2, 0.25) is 0 Å². The lowest BCUT2D eigenvalue weighted by Gasteiger charge is -2.10. The van der Waals surface area contributed by atoms with Gasteiger partial charge < -0.3 is 15.2 Å². The summed E-state index contributed by atoms with van der Waals surface area (Å²) in [5.74, 6) is 0.190. The number of imidazole rings is 1. The van der Waals surface area contributed by atoms with Gasteiger partial charge in [0.15, 0.2) is 0 Å². The molecule has 0 amide bonds. The molecule has 4 nitrogen and oxygen atoms in total. The molecular weight excluding hydrogens is 219 g/mol. The lowest BCUT2D eigenvalue weighted by molar-refractivity contribution is 0.388. The highest BCUT2D eigenvalue weighted by Crippen LogP contribution is 2.19. The summed E-state index contributed by atoms with van der Waals surface area (Å²) in [6.45, 7) is 1.72. The highest BCUT2D eigenvalue weighted by molar-refractivity contribution is 5.78. The number of nitrogen functional groups attached to an aromatic ring is 1. The fraction of sp³-hybridized carbons (Fsp3) is 0.417. The van der Waals surface area contributed by atoms with Gasteiger partial charge in [0, 0.05) is 6.54 Å². The second-order valence-electron chi connectivity index (χ2n) is 4.41. The zero-order chi connectivity index (χ0) is 12.4. The summed E-state index contributed by atoms with van der Waals surface area (Å²) >= 11 is 0. The van der Waals surface area contributed by atoms with Crippen molar-refractivity contribution in [3.05, 3.63) is 24.0 Å². The second-order valence-corrected chi connectivity index (χ2v) is 4.41. The largest absolute Gasteiger partial charge is 0.369 e. The monoisotopic (exact) mass is 236 g/mol. The van der Waals surface area contributed by atoms with Crippen molar-refractivity contribution in [2.75, 3.05) is 26.4 Å². The summed E-state index contributed by atoms with van der Waals surface area (Å²) in [4.78, 5) is 6.32. The Bertz CT molecular complexity index is 518. The van der Waals surface area contributed by atoms with Crippen molar-refractivity contribution in [1.82, 2.24) is 14.5 Å². The number of rotatable bonds is 4. The van der Waals surface area contributed by atoms with Gasteiger partial charge in [0.25, 0.3) is 0 Å². The van der Waals surface area contributed by atoms with E-state index in [1.807, 2.05) is 18.7 Å². The number of anilines is 1. The molecule has 17 heavy (non-hydrogen) atoms. The van der Waals surface area contributed by atoms with Gasteiger partial charge in [-0.3, -0.25) is 0 Å². The normalized spacial score (nSPS) is 11.5. The third-order valence-corrected chi connectivity index (χ3v) is 2.73. The average Bonchev–Trinajstić information content (AvgIpc) is 2.55. The van der Waals surface area contributed by atoms with Gasteiger partial charge in [-0.1, -0.05) is 0 Å². The molecule has 1 aromatic heterocycles. The number of hydrogen-bond donors (Lipinski definition) is 1. The summed E-state index contributed by atoms with van der Waals surface area (Å²) in [5, 5.41) is 0. The first-order valence-electron chi connectivity index (χ1n) is 5.64. The molecule has 0 aliphatic carbocycles. The third kappa shape index (κ3) is 2.55. The van der Waals surface area contributed by atoms with Crippen LogP contribution in [0.3, 0.4) is 0 Å². The number of halogens is 1. The highest BCUT2D eigenvalue weighted by atomic mass is 19.1. The van der Waals surface area contributed by atoms with E-state index in [1.165, 1.54) is 12.1 Å². The van der Waals surface area contributed by atoms with E-state index in [1.54, 1.807) is 6.07 Å². The standard InChI is InChI=1S/C12H17FN4/c1-16(2)6-3-7-17-11-8-9(13)4-5-10(11)15-12(17)14/h4-5,8H,3,6-7H2,1-2H3,(H2,14,15). The predicted octanol–water partition coefficient (Wildman–Crippen LogP) is 1.71. The van der Waals surface area contributed by atoms with Gasteiger partial charge in [-0.25, -0.2) is 9.37 Å². The van der Waals surface area contributed by atoms with E-state index in [2.05, 4.69) is 9.88 Å². The Balaban J connectivity index is 2.26. The minimum atomic E-state index is -0.258. The highest BCUT2D eigenvalue weighted by Gasteiger charge is 2.08. The third-order valence-electron chi connectivity index (χ3n) is 2.73. The molecule has 0 fully saturated rings. The van der Waals surface area contributed by atoms with Crippen molar-refractivity contribution in [2.45, 2.75) is 13.0 Å². The average molecular weight is 236 g/mol. The molecule has 2 aromatic rings. The zero-order valence-electron chi connectivity index (χ0n) is 10.2. The molecule has 2 rings (SSSR count). The number of fused-ring (bicyclic) bond motifs is 1. The van der Waals surface area contributed by atoms with Gasteiger partial charge >= 0.3 is 0 Å². The second kappa shape index (κ2) is 4.71. The molecule has 0 atom stereocenters. The topological polar surface area (TPSA) is 47.1 Å². The van der Waals surface area contributed by atoms with Gasteiger partial charge in [-0.2, -0.15) is 0 Å². The molecule has 0 saturated carbocycles. The van der Waals surface area contributed by atoms with Crippen molar-refractivity contribution in [3.8, 4) is 0 Å². The van der Waals surface area contributed by atoms with E-state index >= 15 is 0 Å². The minimum absolute atomic E-state index is 0.258. The van der Waals surface area contributed by atoms with E-state index in [9.17, 15) is 4.39 Å². The van der Waals surface area contributed by atoms with Gasteiger partial charge in [0.05, 0.1) is 11.0 Å². The van der Waals surface area contributed by atoms with Crippen molar-refractivity contribution in [2.24, 2.45) is 0 Å². The molecule has 0 aliphatic heterocycles. The van der Waals surface area contributed by atoms with Crippen LogP contribution in [-0.2, 0) is 6.54 Å². The Morgan fingerprint density at radius 3 is 2.88 bits per heavy atom. The fourth-order valence-corrected chi connectivity index (χ4v) is 1.89. The lowest BCUT2D eigenvalue weighted by atomic mass is 10.3. The Labute approximate surface area is 99.8 Å². The number of aromatic nitrogens is 2. The molecule has 1 aromatic carbocycles. The summed E-state index contributed by atoms with van der Waals surface area (Å²) in [6.07, 6.45) is 0.958. The number of nitrogens with two attached hydrogens (primary N) is 1. The van der Waals surface area contributed by atoms with Crippen LogP contribution < -0.4 is 5.73 Å². The van der Waals surface area contributed by atoms with Crippen LogP contribution in [0.4, 0.5) is 10.3 Å². The van der Waals surface area contributed by atoms with Gasteiger partial charge in [-0.05, 0) is 45.3 Å². The number of benzene rings is 1. The van der Waals surface area contributed by atoms with E-state index in [4.69, 9.17) is 5.73 Å². The fourth-order valence-electron chi connectivity index (χ4n) is 1.89. The van der Waals surface area contributed by atoms with E-state index in [0.717, 1.165) is 30.5 Å². The van der Waals surface area contributed by atoms with E-state index in [-0.39, 0.29) is 5.82 Å². The van der Waals surface area contributed by atoms with Gasteiger partial charge in [0.1, 0.15) is 5.82 Å². The van der Waals surface area contributed by atoms with Gasteiger partial charge in [0.2, 0.25) is 5.95 Å². The number of hydrogen-bond acceptors (Lipinski definition) is 3. The molecule has 0 unspecified atom stereocenters. The summed E-state index contributed by atoms with van der Waals surface area (Å²) < 4.78 is 15.0. The van der Waals surface area contributed by atoms with Crippen LogP contribution in [0.1, 0.15) is 6.42 Å². The van der Waals surface area contributed by atoms with Crippen molar-refractivity contribution >= 4 is 17.0 Å². The quantitative estimate of drug-likeness (QED) is 0.879.